The van der Waals surface area contributed by atoms with Crippen LogP contribution < -0.4 is 5.73 Å². The van der Waals surface area contributed by atoms with Crippen molar-refractivity contribution in [3.8, 4) is 0 Å². The van der Waals surface area contributed by atoms with Gasteiger partial charge in [-0.3, -0.25) is 15.1 Å². The van der Waals surface area contributed by atoms with Gasteiger partial charge in [-0.1, -0.05) is 0 Å². The van der Waals surface area contributed by atoms with Crippen LogP contribution >= 0.6 is 23.1 Å². The van der Waals surface area contributed by atoms with Crippen molar-refractivity contribution in [2.75, 3.05) is 26.4 Å². The summed E-state index contributed by atoms with van der Waals surface area (Å²) in [6.45, 7) is 2.93. The molecule has 0 saturated carbocycles. The van der Waals surface area contributed by atoms with E-state index in [9.17, 15) is 10.1 Å². The van der Waals surface area contributed by atoms with Crippen LogP contribution in [-0.4, -0.2) is 48.1 Å². The largest absolute Gasteiger partial charge is 0.382 e. The summed E-state index contributed by atoms with van der Waals surface area (Å²) in [5.41, 5.74) is 5.56. The van der Waals surface area contributed by atoms with Crippen molar-refractivity contribution in [3.63, 3.8) is 0 Å². The number of aliphatic imine (C=N–C) groups is 1. The Hall–Kier alpha value is -1.12. The Kier molecular flexibility index (Phi) is 7.69. The van der Waals surface area contributed by atoms with Crippen molar-refractivity contribution in [1.29, 1.82) is 0 Å². The van der Waals surface area contributed by atoms with Gasteiger partial charge in [0, 0.05) is 39.7 Å². The molecule has 8 heteroatoms. The highest BCUT2D eigenvalue weighted by molar-refractivity contribution is 7.98. The van der Waals surface area contributed by atoms with E-state index >= 15 is 0 Å². The normalized spacial score (nSPS) is 13.6. The second-order valence-electron chi connectivity index (χ2n) is 4.93. The van der Waals surface area contributed by atoms with Crippen molar-refractivity contribution in [2.45, 2.75) is 25.3 Å². The fourth-order valence-electron chi connectivity index (χ4n) is 1.55. The van der Waals surface area contributed by atoms with E-state index in [0.29, 0.717) is 6.54 Å². The van der Waals surface area contributed by atoms with Crippen LogP contribution in [0.1, 0.15) is 16.7 Å². The maximum absolute atomic E-state index is 10.5. The molecule has 0 fully saturated rings. The molecule has 1 heterocycles. The maximum atomic E-state index is 10.5. The minimum Gasteiger partial charge on any atom is -0.382 e. The van der Waals surface area contributed by atoms with E-state index in [0.717, 1.165) is 18.1 Å². The summed E-state index contributed by atoms with van der Waals surface area (Å²) in [6, 6.07) is 3.42. The molecule has 0 aliphatic carbocycles. The van der Waals surface area contributed by atoms with E-state index < -0.39 is 11.0 Å². The molecule has 0 aromatic carbocycles. The smallest absolute Gasteiger partial charge is 0.266 e. The van der Waals surface area contributed by atoms with E-state index in [1.807, 2.05) is 11.3 Å². The lowest BCUT2D eigenvalue weighted by molar-refractivity contribution is -0.498. The quantitative estimate of drug-likeness (QED) is 0.246. The lowest BCUT2D eigenvalue weighted by Gasteiger charge is -2.06. The predicted molar refractivity (Wildman–Crippen MR) is 90.8 cm³/mol. The number of hydrogen-bond acceptors (Lipinski definition) is 6. The van der Waals surface area contributed by atoms with Gasteiger partial charge in [-0.05, 0) is 26.2 Å². The van der Waals surface area contributed by atoms with Crippen LogP contribution in [0, 0.1) is 10.1 Å². The fourth-order valence-corrected chi connectivity index (χ4v) is 3.63. The van der Waals surface area contributed by atoms with Gasteiger partial charge in [0.15, 0.2) is 5.84 Å². The highest BCUT2D eigenvalue weighted by atomic mass is 32.2. The lowest BCUT2D eigenvalue weighted by atomic mass is 10.3. The predicted octanol–water partition coefficient (Wildman–Crippen LogP) is 2.07. The van der Waals surface area contributed by atoms with Gasteiger partial charge in [0.2, 0.25) is 0 Å². The number of rotatable bonds is 9. The van der Waals surface area contributed by atoms with Crippen LogP contribution in [0.15, 0.2) is 17.1 Å². The third-order valence-corrected chi connectivity index (χ3v) is 4.95. The number of hydrogen-bond donors (Lipinski definition) is 1. The van der Waals surface area contributed by atoms with Crippen LogP contribution in [0.5, 0.6) is 0 Å². The van der Waals surface area contributed by atoms with Crippen molar-refractivity contribution in [2.24, 2.45) is 10.7 Å². The third-order valence-electron chi connectivity index (χ3n) is 2.71. The SMILES string of the molecule is CC(C(N)=NCCSCc1ccc(CN(C)C)s1)[N+](=O)[O-]. The van der Waals surface area contributed by atoms with Gasteiger partial charge in [0.05, 0.1) is 6.54 Å². The van der Waals surface area contributed by atoms with E-state index in [1.54, 1.807) is 11.8 Å². The van der Waals surface area contributed by atoms with Gasteiger partial charge in [-0.15, -0.1) is 11.3 Å². The Bertz CT molecular complexity index is 488. The fraction of sp³-hybridized carbons (Fsp3) is 0.615. The summed E-state index contributed by atoms with van der Waals surface area (Å²) in [4.78, 5) is 19.0. The molecule has 1 atom stereocenters. The molecule has 1 aromatic rings. The molecule has 0 aliphatic heterocycles. The van der Waals surface area contributed by atoms with Gasteiger partial charge < -0.3 is 10.6 Å². The molecule has 1 rings (SSSR count). The summed E-state index contributed by atoms with van der Waals surface area (Å²) in [5.74, 6) is 1.86. The molecule has 0 bridgehead atoms. The van der Waals surface area contributed by atoms with Crippen LogP contribution in [0.2, 0.25) is 0 Å². The number of thiophene rings is 1. The Morgan fingerprint density at radius 3 is 2.81 bits per heavy atom. The van der Waals surface area contributed by atoms with Crippen LogP contribution in [-0.2, 0) is 12.3 Å². The Morgan fingerprint density at radius 1 is 1.52 bits per heavy atom. The topological polar surface area (TPSA) is 84.8 Å². The second-order valence-corrected chi connectivity index (χ2v) is 7.28. The Balaban J connectivity index is 2.26. The molecule has 2 N–H and O–H groups in total. The highest BCUT2D eigenvalue weighted by Crippen LogP contribution is 2.22. The molecule has 118 valence electrons. The van der Waals surface area contributed by atoms with Gasteiger partial charge in [0.1, 0.15) is 0 Å². The molecule has 1 unspecified atom stereocenters. The van der Waals surface area contributed by atoms with Crippen LogP contribution in [0.4, 0.5) is 0 Å². The van der Waals surface area contributed by atoms with Gasteiger partial charge in [-0.25, -0.2) is 0 Å². The summed E-state index contributed by atoms with van der Waals surface area (Å²) in [7, 11) is 4.12. The highest BCUT2D eigenvalue weighted by Gasteiger charge is 2.16. The van der Waals surface area contributed by atoms with Crippen molar-refractivity contribution in [3.05, 3.63) is 32.0 Å². The first-order valence-electron chi connectivity index (χ1n) is 6.63. The zero-order valence-electron chi connectivity index (χ0n) is 12.6. The van der Waals surface area contributed by atoms with Crippen molar-refractivity contribution >= 4 is 28.9 Å². The number of amidine groups is 1. The van der Waals surface area contributed by atoms with Gasteiger partial charge in [0.25, 0.3) is 6.04 Å². The monoisotopic (exact) mass is 330 g/mol. The zero-order chi connectivity index (χ0) is 15.8. The molecular formula is C13H22N4O2S2. The van der Waals surface area contributed by atoms with Gasteiger partial charge in [-0.2, -0.15) is 11.8 Å². The standard InChI is InChI=1S/C13H22N4O2S2/c1-10(17(18)19)13(14)15-6-7-20-9-12-5-4-11(21-12)8-16(2)3/h4-5,10H,6-9H2,1-3H3,(H2,14,15). The minimum atomic E-state index is -0.902. The number of thioether (sulfide) groups is 1. The molecular weight excluding hydrogens is 308 g/mol. The first-order chi connectivity index (χ1) is 9.90. The third kappa shape index (κ3) is 6.92. The van der Waals surface area contributed by atoms with Gasteiger partial charge >= 0.3 is 0 Å². The summed E-state index contributed by atoms with van der Waals surface area (Å²) < 4.78 is 0. The molecule has 0 radical (unpaired) electrons. The average Bonchev–Trinajstić information content (AvgIpc) is 2.83. The van der Waals surface area contributed by atoms with E-state index in [1.165, 1.54) is 16.7 Å². The second kappa shape index (κ2) is 9.01. The first kappa shape index (κ1) is 17.9. The summed E-state index contributed by atoms with van der Waals surface area (Å²) in [5, 5.41) is 10.5. The van der Waals surface area contributed by atoms with Crippen molar-refractivity contribution in [1.82, 2.24) is 4.90 Å². The zero-order valence-corrected chi connectivity index (χ0v) is 14.2. The molecule has 6 nitrogen and oxygen atoms in total. The molecule has 0 spiro atoms. The van der Waals surface area contributed by atoms with E-state index in [2.05, 4.69) is 36.1 Å². The Morgan fingerprint density at radius 2 is 2.19 bits per heavy atom. The molecule has 0 amide bonds. The van der Waals surface area contributed by atoms with E-state index in [4.69, 9.17) is 5.73 Å². The average molecular weight is 330 g/mol. The van der Waals surface area contributed by atoms with Crippen LogP contribution in [0.25, 0.3) is 0 Å². The lowest BCUT2D eigenvalue weighted by Crippen LogP contribution is -2.33. The Labute approximate surface area is 133 Å². The first-order valence-corrected chi connectivity index (χ1v) is 8.60. The minimum absolute atomic E-state index is 0.102. The number of nitrogens with two attached hydrogens (primary N) is 1. The summed E-state index contributed by atoms with van der Waals surface area (Å²) >= 11 is 3.59. The molecule has 0 aliphatic rings. The molecule has 1 aromatic heterocycles. The van der Waals surface area contributed by atoms with Crippen LogP contribution in [0.3, 0.4) is 0 Å². The van der Waals surface area contributed by atoms with Crippen molar-refractivity contribution < 1.29 is 4.92 Å². The maximum Gasteiger partial charge on any atom is 0.266 e. The van der Waals surface area contributed by atoms with E-state index in [-0.39, 0.29) is 5.84 Å². The molecule has 21 heavy (non-hydrogen) atoms. The molecule has 0 saturated heterocycles. The summed E-state index contributed by atoms with van der Waals surface area (Å²) in [6.07, 6.45) is 0. The number of nitrogens with zero attached hydrogens (tertiary/aromatic N) is 3. The number of nitro groups is 1.